The molecule has 1 aliphatic heterocycles. The van der Waals surface area contributed by atoms with Crippen LogP contribution in [0.5, 0.6) is 0 Å². The van der Waals surface area contributed by atoms with Gasteiger partial charge in [-0.1, -0.05) is 24.3 Å². The molecule has 1 atom stereocenters. The molecule has 21 heavy (non-hydrogen) atoms. The molecule has 0 aliphatic carbocycles. The molecule has 0 bridgehead atoms. The maximum atomic E-state index is 13.3. The Labute approximate surface area is 123 Å². The van der Waals surface area contributed by atoms with Crippen LogP contribution in [0.3, 0.4) is 0 Å². The van der Waals surface area contributed by atoms with Gasteiger partial charge in [-0.15, -0.1) is 0 Å². The van der Waals surface area contributed by atoms with Crippen LogP contribution in [0.15, 0.2) is 42.5 Å². The molecule has 0 fully saturated rings. The molecular formula is C17H17FN2O. The van der Waals surface area contributed by atoms with Gasteiger partial charge in [0.15, 0.2) is 0 Å². The summed E-state index contributed by atoms with van der Waals surface area (Å²) in [7, 11) is 0. The summed E-state index contributed by atoms with van der Waals surface area (Å²) in [5.74, 6) is -0.615. The number of anilines is 1. The van der Waals surface area contributed by atoms with Crippen molar-refractivity contribution in [3.8, 4) is 0 Å². The smallest absolute Gasteiger partial charge is 0.251 e. The number of amides is 1. The number of aryl methyl sites for hydroxylation is 1. The van der Waals surface area contributed by atoms with Gasteiger partial charge < -0.3 is 10.6 Å². The lowest BCUT2D eigenvalue weighted by molar-refractivity contribution is 0.0937. The Bertz CT molecular complexity index is 684. The summed E-state index contributed by atoms with van der Waals surface area (Å²) in [5.41, 5.74) is 3.47. The van der Waals surface area contributed by atoms with Gasteiger partial charge in [0.25, 0.3) is 5.91 Å². The fraction of sp³-hybridized carbons (Fsp3) is 0.235. The van der Waals surface area contributed by atoms with Gasteiger partial charge >= 0.3 is 0 Å². The number of hydrogen-bond donors (Lipinski definition) is 2. The Morgan fingerprint density at radius 3 is 2.95 bits per heavy atom. The molecule has 1 heterocycles. The molecular weight excluding hydrogens is 267 g/mol. The first-order valence-corrected chi connectivity index (χ1v) is 7.02. The van der Waals surface area contributed by atoms with Crippen molar-refractivity contribution in [3.63, 3.8) is 0 Å². The average Bonchev–Trinajstić information content (AvgIpc) is 2.49. The van der Waals surface area contributed by atoms with Gasteiger partial charge in [-0.25, -0.2) is 4.39 Å². The highest BCUT2D eigenvalue weighted by molar-refractivity contribution is 5.95. The number of nitrogens with one attached hydrogen (secondary N) is 2. The van der Waals surface area contributed by atoms with Crippen molar-refractivity contribution < 1.29 is 9.18 Å². The van der Waals surface area contributed by atoms with Gasteiger partial charge in [-0.05, 0) is 42.7 Å². The Morgan fingerprint density at radius 2 is 2.10 bits per heavy atom. The van der Waals surface area contributed by atoms with Crippen molar-refractivity contribution in [2.75, 3.05) is 11.9 Å². The summed E-state index contributed by atoms with van der Waals surface area (Å²) in [6, 6.07) is 12.3. The lowest BCUT2D eigenvalue weighted by atomic mass is 9.99. The molecule has 1 amide bonds. The number of carbonyl (C=O) groups excluding carboxylic acids is 1. The van der Waals surface area contributed by atoms with Crippen LogP contribution >= 0.6 is 0 Å². The van der Waals surface area contributed by atoms with Crippen LogP contribution in [-0.4, -0.2) is 18.5 Å². The molecule has 0 saturated carbocycles. The fourth-order valence-corrected chi connectivity index (χ4v) is 2.65. The summed E-state index contributed by atoms with van der Waals surface area (Å²) in [5, 5.41) is 6.28. The molecule has 1 aliphatic rings. The monoisotopic (exact) mass is 284 g/mol. The summed E-state index contributed by atoms with van der Waals surface area (Å²) >= 11 is 0. The largest absolute Gasteiger partial charge is 0.383 e. The average molecular weight is 284 g/mol. The Morgan fingerprint density at radius 1 is 1.29 bits per heavy atom. The van der Waals surface area contributed by atoms with Gasteiger partial charge in [-0.2, -0.15) is 0 Å². The van der Waals surface area contributed by atoms with Crippen LogP contribution in [0.2, 0.25) is 0 Å². The van der Waals surface area contributed by atoms with Crippen LogP contribution in [0.1, 0.15) is 21.5 Å². The molecule has 3 nitrogen and oxygen atoms in total. The zero-order chi connectivity index (χ0) is 14.8. The van der Waals surface area contributed by atoms with Crippen LogP contribution < -0.4 is 10.6 Å². The van der Waals surface area contributed by atoms with Gasteiger partial charge in [0.1, 0.15) is 5.82 Å². The molecule has 0 aromatic heterocycles. The third-order valence-corrected chi connectivity index (χ3v) is 3.80. The predicted molar refractivity (Wildman–Crippen MR) is 81.0 cm³/mol. The zero-order valence-corrected chi connectivity index (χ0v) is 11.8. The lowest BCUT2D eigenvalue weighted by Crippen LogP contribution is -2.43. The predicted octanol–water partition coefficient (Wildman–Crippen LogP) is 2.90. The Kier molecular flexibility index (Phi) is 3.60. The van der Waals surface area contributed by atoms with Crippen molar-refractivity contribution in [1.29, 1.82) is 0 Å². The number of carbonyl (C=O) groups is 1. The minimum atomic E-state index is -0.391. The van der Waals surface area contributed by atoms with E-state index in [0.717, 1.165) is 17.7 Å². The minimum Gasteiger partial charge on any atom is -0.383 e. The minimum absolute atomic E-state index is 0.00932. The maximum Gasteiger partial charge on any atom is 0.251 e. The molecule has 0 saturated heterocycles. The van der Waals surface area contributed by atoms with Crippen LogP contribution in [0, 0.1) is 12.7 Å². The molecule has 2 aromatic carbocycles. The normalized spacial score (nSPS) is 16.8. The van der Waals surface area contributed by atoms with E-state index in [-0.39, 0.29) is 11.9 Å². The molecule has 3 rings (SSSR count). The number of rotatable bonds is 2. The molecule has 108 valence electrons. The fourth-order valence-electron chi connectivity index (χ4n) is 2.65. The quantitative estimate of drug-likeness (QED) is 0.890. The highest BCUT2D eigenvalue weighted by Gasteiger charge is 2.20. The lowest BCUT2D eigenvalue weighted by Gasteiger charge is -2.27. The van der Waals surface area contributed by atoms with E-state index >= 15 is 0 Å². The standard InChI is InChI=1S/C17H17FN2O/c1-11-6-7-13(18)9-15(11)17(21)20-14-8-12-4-2-3-5-16(12)19-10-14/h2-7,9,14,19H,8,10H2,1H3,(H,20,21). The summed E-state index contributed by atoms with van der Waals surface area (Å²) < 4.78 is 13.3. The van der Waals surface area contributed by atoms with Crippen molar-refractivity contribution in [1.82, 2.24) is 5.32 Å². The number of para-hydroxylation sites is 1. The van der Waals surface area contributed by atoms with E-state index in [1.807, 2.05) is 31.2 Å². The Hall–Kier alpha value is -2.36. The first-order valence-electron chi connectivity index (χ1n) is 7.02. The van der Waals surface area contributed by atoms with Crippen LogP contribution in [-0.2, 0) is 6.42 Å². The Balaban J connectivity index is 1.73. The number of hydrogen-bond acceptors (Lipinski definition) is 2. The van der Waals surface area contributed by atoms with Crippen molar-refractivity contribution in [2.24, 2.45) is 0 Å². The maximum absolute atomic E-state index is 13.3. The van der Waals surface area contributed by atoms with Gasteiger partial charge in [-0.3, -0.25) is 4.79 Å². The van der Waals surface area contributed by atoms with Crippen molar-refractivity contribution in [3.05, 3.63) is 65.0 Å². The molecule has 0 spiro atoms. The summed E-state index contributed by atoms with van der Waals surface area (Å²) in [6.07, 6.45) is 0.781. The first kappa shape index (κ1) is 13.6. The van der Waals surface area contributed by atoms with Gasteiger partial charge in [0.05, 0.1) is 6.04 Å². The number of fused-ring (bicyclic) bond motifs is 1. The van der Waals surface area contributed by atoms with E-state index in [4.69, 9.17) is 0 Å². The van der Waals surface area contributed by atoms with Crippen molar-refractivity contribution >= 4 is 11.6 Å². The second-order valence-corrected chi connectivity index (χ2v) is 5.37. The van der Waals surface area contributed by atoms with E-state index in [1.165, 1.54) is 17.7 Å². The molecule has 2 N–H and O–H groups in total. The topological polar surface area (TPSA) is 41.1 Å². The van der Waals surface area contributed by atoms with Gasteiger partial charge in [0, 0.05) is 17.8 Å². The van der Waals surface area contributed by atoms with E-state index in [1.54, 1.807) is 6.07 Å². The third-order valence-electron chi connectivity index (χ3n) is 3.80. The zero-order valence-electron chi connectivity index (χ0n) is 11.8. The van der Waals surface area contributed by atoms with E-state index in [2.05, 4.69) is 10.6 Å². The second-order valence-electron chi connectivity index (χ2n) is 5.37. The summed E-state index contributed by atoms with van der Waals surface area (Å²) in [6.45, 7) is 2.49. The van der Waals surface area contributed by atoms with E-state index < -0.39 is 5.82 Å². The highest BCUT2D eigenvalue weighted by Crippen LogP contribution is 2.21. The molecule has 2 aromatic rings. The molecule has 0 radical (unpaired) electrons. The summed E-state index contributed by atoms with van der Waals surface area (Å²) in [4.78, 5) is 12.3. The number of halogens is 1. The van der Waals surface area contributed by atoms with E-state index in [0.29, 0.717) is 12.1 Å². The second kappa shape index (κ2) is 5.56. The van der Waals surface area contributed by atoms with E-state index in [9.17, 15) is 9.18 Å². The third kappa shape index (κ3) is 2.89. The van der Waals surface area contributed by atoms with Crippen molar-refractivity contribution in [2.45, 2.75) is 19.4 Å². The molecule has 1 unspecified atom stereocenters. The highest BCUT2D eigenvalue weighted by atomic mass is 19.1. The van der Waals surface area contributed by atoms with Gasteiger partial charge in [0.2, 0.25) is 0 Å². The SMILES string of the molecule is Cc1ccc(F)cc1C(=O)NC1CNc2ccccc2C1. The van der Waals surface area contributed by atoms with Crippen LogP contribution in [0.25, 0.3) is 0 Å². The first-order chi connectivity index (χ1) is 10.1. The van der Waals surface area contributed by atoms with Crippen LogP contribution in [0.4, 0.5) is 10.1 Å². The number of benzene rings is 2. The molecule has 4 heteroatoms.